The topological polar surface area (TPSA) is 0 Å². The molecule has 0 saturated heterocycles. The molecule has 7 heavy (non-hydrogen) atoms. The van der Waals surface area contributed by atoms with Crippen LogP contribution in [-0.4, -0.2) is 0 Å². The van der Waals surface area contributed by atoms with Gasteiger partial charge in [-0.1, -0.05) is 0 Å². The fourth-order valence-electron chi connectivity index (χ4n) is 0. The van der Waals surface area contributed by atoms with Crippen LogP contribution in [0.1, 0.15) is 0 Å². The van der Waals surface area contributed by atoms with Crippen LogP contribution in [0.5, 0.6) is 0 Å². The SMILES string of the molecule is [CH3-].[Fe].[Fe].[Fe].[Mn].[Mo].[Nb]. The molecule has 0 bridgehead atoms. The molecule has 0 saturated carbocycles. The van der Waals surface area contributed by atoms with E-state index in [9.17, 15) is 0 Å². The minimum Gasteiger partial charge on any atom is -0.358 e. The first-order valence-corrected chi connectivity index (χ1v) is 0. The van der Waals surface area contributed by atoms with Gasteiger partial charge in [0.25, 0.3) is 0 Å². The van der Waals surface area contributed by atoms with Crippen LogP contribution in [0.15, 0.2) is 0 Å². The van der Waals surface area contributed by atoms with Crippen molar-refractivity contribution in [2.45, 2.75) is 0 Å². The summed E-state index contributed by atoms with van der Waals surface area (Å²) in [5.41, 5.74) is 0. The van der Waals surface area contributed by atoms with Crippen LogP contribution in [0, 0.1) is 7.43 Å². The summed E-state index contributed by atoms with van der Waals surface area (Å²) in [6.45, 7) is 0. The van der Waals surface area contributed by atoms with E-state index in [0.717, 1.165) is 0 Å². The molecule has 50 valence electrons. The van der Waals surface area contributed by atoms with Crippen LogP contribution in [0.3, 0.4) is 0 Å². The average Bonchev–Trinajstić information content (AvgIpc) is 0. The van der Waals surface area contributed by atoms with E-state index in [1.165, 1.54) is 0 Å². The molecule has 0 aromatic heterocycles. The summed E-state index contributed by atoms with van der Waals surface area (Å²) in [6, 6.07) is 0. The van der Waals surface area contributed by atoms with Crippen molar-refractivity contribution >= 4 is 0 Å². The van der Waals surface area contributed by atoms with Gasteiger partial charge in [0, 0.05) is 112 Å². The molecule has 0 aliphatic carbocycles. The first-order chi connectivity index (χ1) is 0. The summed E-state index contributed by atoms with van der Waals surface area (Å²) in [7, 11) is 0. The molecule has 0 heterocycles. The Bertz CT molecular complexity index is 14.9. The fourth-order valence-corrected chi connectivity index (χ4v) is 0. The van der Waals surface area contributed by atoms with Gasteiger partial charge in [0.1, 0.15) is 0 Å². The molecule has 0 rings (SSSR count). The third-order valence-corrected chi connectivity index (χ3v) is 0. The zero-order valence-electron chi connectivity index (χ0n) is 3.29. The van der Waals surface area contributed by atoms with Gasteiger partial charge >= 0.3 is 0 Å². The van der Waals surface area contributed by atoms with Crippen molar-refractivity contribution in [2.24, 2.45) is 0 Å². The molecule has 0 N–H and O–H groups in total. The largest absolute Gasteiger partial charge is 0.358 e. The molecule has 0 nitrogen and oxygen atoms in total. The zero-order valence-corrected chi connectivity index (χ0v) is 12.0. The molecule has 0 unspecified atom stereocenters. The Hall–Kier alpha value is 3.51. The van der Waals surface area contributed by atoms with Crippen molar-refractivity contribution in [1.82, 2.24) is 0 Å². The van der Waals surface area contributed by atoms with Crippen LogP contribution >= 0.6 is 0 Å². The van der Waals surface area contributed by atoms with Crippen molar-refractivity contribution in [3.63, 3.8) is 0 Å². The molecule has 0 fully saturated rings. The van der Waals surface area contributed by atoms with Gasteiger partial charge in [0.2, 0.25) is 0 Å². The predicted molar refractivity (Wildman–Crippen MR) is 6.41 cm³/mol. The first-order valence-electron chi connectivity index (χ1n) is 0. The van der Waals surface area contributed by atoms with E-state index in [4.69, 9.17) is 0 Å². The molecule has 0 amide bonds. The van der Waals surface area contributed by atoms with E-state index in [1.807, 2.05) is 0 Å². The summed E-state index contributed by atoms with van der Waals surface area (Å²) in [6.07, 6.45) is 0. The predicted octanol–water partition coefficient (Wildman–Crippen LogP) is 0.435. The van der Waals surface area contributed by atoms with Crippen LogP contribution in [0.2, 0.25) is 0 Å². The Kier molecular flexibility index (Phi) is 617. The Morgan fingerprint density at radius 3 is 0.714 bits per heavy atom. The molecule has 0 aliphatic rings. The third-order valence-electron chi connectivity index (χ3n) is 0. The summed E-state index contributed by atoms with van der Waals surface area (Å²) in [4.78, 5) is 0. The summed E-state index contributed by atoms with van der Waals surface area (Å²) in [5, 5.41) is 0. The summed E-state index contributed by atoms with van der Waals surface area (Å²) in [5.74, 6) is 0. The fraction of sp³-hybridized carbons (Fsp3) is 0. The van der Waals surface area contributed by atoms with E-state index in [0.29, 0.717) is 0 Å². The molecule has 0 aromatic rings. The van der Waals surface area contributed by atoms with Crippen molar-refractivity contribution in [1.29, 1.82) is 0 Å². The quantitative estimate of drug-likeness (QED) is 0.390. The van der Waals surface area contributed by atoms with Crippen molar-refractivity contribution < 1.29 is 112 Å². The van der Waals surface area contributed by atoms with Gasteiger partial charge in [-0.05, 0) is 0 Å². The molecule has 0 aliphatic heterocycles. The van der Waals surface area contributed by atoms with Gasteiger partial charge in [-0.15, -0.1) is 0 Å². The smallest absolute Gasteiger partial charge is 0 e. The van der Waals surface area contributed by atoms with E-state index in [2.05, 4.69) is 0 Å². The van der Waals surface area contributed by atoms with Gasteiger partial charge in [-0.3, -0.25) is 0 Å². The Balaban J connectivity index is 0. The van der Waals surface area contributed by atoms with E-state index >= 15 is 0 Å². The summed E-state index contributed by atoms with van der Waals surface area (Å²) >= 11 is 0. The monoisotopic (exact) mass is 429 g/mol. The zero-order chi connectivity index (χ0) is 0. The Labute approximate surface area is 117 Å². The van der Waals surface area contributed by atoms with Crippen LogP contribution in [-0.2, 0) is 112 Å². The minimum atomic E-state index is 0. The molecule has 0 spiro atoms. The second-order valence-electron chi connectivity index (χ2n) is 0. The van der Waals surface area contributed by atoms with Crippen molar-refractivity contribution in [3.05, 3.63) is 7.43 Å². The van der Waals surface area contributed by atoms with Gasteiger partial charge in [-0.25, -0.2) is 0 Å². The van der Waals surface area contributed by atoms with Crippen molar-refractivity contribution in [2.75, 3.05) is 0 Å². The standard InChI is InChI=1S/CH3.3Fe.Mn.Mo.Nb/h1H3;;;;;;/q-1;;;;;;. The normalized spacial score (nSPS) is 0. The van der Waals surface area contributed by atoms with E-state index < -0.39 is 0 Å². The van der Waals surface area contributed by atoms with Crippen LogP contribution in [0.25, 0.3) is 0 Å². The second kappa shape index (κ2) is 55.9. The van der Waals surface area contributed by atoms with Gasteiger partial charge in [0.05, 0.1) is 0 Å². The maximum Gasteiger partial charge on any atom is 0 e. The van der Waals surface area contributed by atoms with E-state index in [-0.39, 0.29) is 119 Å². The molecule has 0 aromatic carbocycles. The molecular weight excluding hydrogens is 423 g/mol. The van der Waals surface area contributed by atoms with Gasteiger partial charge < -0.3 is 7.43 Å². The number of hydrogen-bond acceptors (Lipinski definition) is 0. The second-order valence-corrected chi connectivity index (χ2v) is 0. The maximum absolute atomic E-state index is 0. The number of hydrogen-bond donors (Lipinski definition) is 0. The molecule has 0 atom stereocenters. The first kappa shape index (κ1) is 77.2. The van der Waals surface area contributed by atoms with Crippen LogP contribution in [0.4, 0.5) is 0 Å². The van der Waals surface area contributed by atoms with Gasteiger partial charge in [-0.2, -0.15) is 0 Å². The number of rotatable bonds is 0. The molecular formula is CH3Fe3MnMoNb-. The Morgan fingerprint density at radius 2 is 0.714 bits per heavy atom. The van der Waals surface area contributed by atoms with Gasteiger partial charge in [0.15, 0.2) is 0 Å². The molecule has 6 heteroatoms. The van der Waals surface area contributed by atoms with E-state index in [1.54, 1.807) is 0 Å². The van der Waals surface area contributed by atoms with Crippen molar-refractivity contribution in [3.8, 4) is 0 Å². The molecule has 2 radical (unpaired) electrons. The van der Waals surface area contributed by atoms with Crippen LogP contribution < -0.4 is 0 Å². The Morgan fingerprint density at radius 1 is 0.714 bits per heavy atom. The average molecular weight is 426 g/mol. The minimum absolute atomic E-state index is 0. The third kappa shape index (κ3) is 43.6. The summed E-state index contributed by atoms with van der Waals surface area (Å²) < 4.78 is 0. The maximum atomic E-state index is 0.